The molecule has 0 bridgehead atoms. The van der Waals surface area contributed by atoms with E-state index in [-0.39, 0.29) is 12.1 Å². The number of aryl methyl sites for hydroxylation is 1. The van der Waals surface area contributed by atoms with E-state index in [0.717, 1.165) is 6.07 Å². The van der Waals surface area contributed by atoms with Gasteiger partial charge >= 0.3 is 12.1 Å². The van der Waals surface area contributed by atoms with Crippen molar-refractivity contribution in [3.05, 3.63) is 34.9 Å². The normalized spacial score (nSPS) is 18.0. The number of nitrogens with zero attached hydrogens (tertiary/aromatic N) is 1. The fourth-order valence-electron chi connectivity index (χ4n) is 2.31. The van der Waals surface area contributed by atoms with Crippen LogP contribution < -0.4 is 0 Å². The smallest absolute Gasteiger partial charge is 0.379 e. The van der Waals surface area contributed by atoms with Gasteiger partial charge in [-0.2, -0.15) is 22.0 Å². The number of benzene rings is 1. The van der Waals surface area contributed by atoms with Gasteiger partial charge in [0.05, 0.1) is 13.2 Å². The van der Waals surface area contributed by atoms with Crippen molar-refractivity contribution >= 4 is 0 Å². The summed E-state index contributed by atoms with van der Waals surface area (Å²) in [4.78, 5) is 1.81. The van der Waals surface area contributed by atoms with E-state index >= 15 is 0 Å². The predicted molar refractivity (Wildman–Crippen MR) is 67.2 cm³/mol. The highest BCUT2D eigenvalue weighted by atomic mass is 19.4. The summed E-state index contributed by atoms with van der Waals surface area (Å²) in [6.45, 7) is 3.67. The molecule has 1 fully saturated rings. The van der Waals surface area contributed by atoms with Gasteiger partial charge in [0.2, 0.25) is 0 Å². The van der Waals surface area contributed by atoms with E-state index in [9.17, 15) is 22.0 Å². The number of hydrogen-bond donors (Lipinski definition) is 0. The largest absolute Gasteiger partial charge is 0.458 e. The molecule has 0 radical (unpaired) electrons. The lowest BCUT2D eigenvalue weighted by molar-refractivity contribution is -0.289. The Balaban J connectivity index is 2.33. The molecule has 1 aliphatic heterocycles. The molecule has 21 heavy (non-hydrogen) atoms. The molecule has 7 heteroatoms. The number of morpholine rings is 1. The number of hydrogen-bond acceptors (Lipinski definition) is 2. The summed E-state index contributed by atoms with van der Waals surface area (Å²) in [5, 5.41) is 0. The molecule has 0 atom stereocenters. The molecule has 0 aliphatic carbocycles. The Bertz CT molecular complexity index is 495. The van der Waals surface area contributed by atoms with Crippen molar-refractivity contribution in [2.75, 3.05) is 26.3 Å². The van der Waals surface area contributed by atoms with Crippen LogP contribution in [0.2, 0.25) is 0 Å². The Hall–Kier alpha value is -1.21. The second-order valence-electron chi connectivity index (χ2n) is 5.12. The molecule has 2 nitrogen and oxygen atoms in total. The van der Waals surface area contributed by atoms with Crippen LogP contribution in [0.1, 0.15) is 16.7 Å². The zero-order valence-electron chi connectivity index (χ0n) is 11.5. The third-order valence-electron chi connectivity index (χ3n) is 3.45. The van der Waals surface area contributed by atoms with Gasteiger partial charge in [-0.05, 0) is 12.5 Å². The van der Waals surface area contributed by atoms with Gasteiger partial charge in [-0.25, -0.2) is 0 Å². The zero-order valence-corrected chi connectivity index (χ0v) is 11.5. The fourth-order valence-corrected chi connectivity index (χ4v) is 2.31. The van der Waals surface area contributed by atoms with Crippen LogP contribution in [0.15, 0.2) is 18.2 Å². The minimum Gasteiger partial charge on any atom is -0.379 e. The first-order chi connectivity index (χ1) is 9.72. The molecular formula is C14H16F5NO. The third-order valence-corrected chi connectivity index (χ3v) is 3.45. The van der Waals surface area contributed by atoms with E-state index < -0.39 is 17.7 Å². The summed E-state index contributed by atoms with van der Waals surface area (Å²) in [6, 6.07) is 3.54. The second kappa shape index (κ2) is 5.88. The first-order valence-electron chi connectivity index (χ1n) is 6.56. The maximum Gasteiger partial charge on any atom is 0.458 e. The van der Waals surface area contributed by atoms with Gasteiger partial charge in [0.25, 0.3) is 0 Å². The van der Waals surface area contributed by atoms with E-state index in [1.807, 2.05) is 4.90 Å². The Labute approximate surface area is 119 Å². The molecule has 1 saturated heterocycles. The highest BCUT2D eigenvalue weighted by Crippen LogP contribution is 2.45. The highest BCUT2D eigenvalue weighted by molar-refractivity contribution is 5.35. The van der Waals surface area contributed by atoms with Gasteiger partial charge in [0.15, 0.2) is 0 Å². The van der Waals surface area contributed by atoms with E-state index in [0.29, 0.717) is 31.9 Å². The summed E-state index contributed by atoms with van der Waals surface area (Å²) in [7, 11) is 0. The number of alkyl halides is 5. The SMILES string of the molecule is Cc1ccc(C(F)(F)C(F)(F)F)c(CN2CCOCC2)c1. The van der Waals surface area contributed by atoms with Gasteiger partial charge in [-0.15, -0.1) is 0 Å². The molecule has 1 aromatic rings. The van der Waals surface area contributed by atoms with Crippen LogP contribution in [-0.4, -0.2) is 37.4 Å². The van der Waals surface area contributed by atoms with Gasteiger partial charge < -0.3 is 4.74 Å². The second-order valence-corrected chi connectivity index (χ2v) is 5.12. The van der Waals surface area contributed by atoms with Gasteiger partial charge in [0, 0.05) is 25.2 Å². The van der Waals surface area contributed by atoms with Gasteiger partial charge in [-0.1, -0.05) is 23.8 Å². The van der Waals surface area contributed by atoms with E-state index in [2.05, 4.69) is 0 Å². The van der Waals surface area contributed by atoms with Crippen LogP contribution in [-0.2, 0) is 17.2 Å². The Morgan fingerprint density at radius 3 is 2.29 bits per heavy atom. The monoisotopic (exact) mass is 309 g/mol. The van der Waals surface area contributed by atoms with Crippen LogP contribution in [0.3, 0.4) is 0 Å². The minimum absolute atomic E-state index is 0.0132. The summed E-state index contributed by atoms with van der Waals surface area (Å²) in [5.41, 5.74) is -0.300. The standard InChI is InChI=1S/C14H16F5NO/c1-10-2-3-12(13(15,16)14(17,18)19)11(8-10)9-20-4-6-21-7-5-20/h2-3,8H,4-7,9H2,1H3. The lowest BCUT2D eigenvalue weighted by Gasteiger charge is -2.29. The van der Waals surface area contributed by atoms with E-state index in [1.54, 1.807) is 6.92 Å². The molecule has 0 unspecified atom stereocenters. The number of ether oxygens (including phenoxy) is 1. The first kappa shape index (κ1) is 16.2. The first-order valence-corrected chi connectivity index (χ1v) is 6.56. The maximum absolute atomic E-state index is 13.6. The Morgan fingerprint density at radius 1 is 1.10 bits per heavy atom. The molecule has 1 aromatic carbocycles. The molecule has 0 aromatic heterocycles. The Kier molecular flexibility index (Phi) is 4.53. The molecule has 0 amide bonds. The molecule has 1 heterocycles. The Morgan fingerprint density at radius 2 is 1.71 bits per heavy atom. The van der Waals surface area contributed by atoms with Crippen molar-refractivity contribution in [1.82, 2.24) is 4.90 Å². The zero-order chi connectivity index (χ0) is 15.7. The molecule has 1 aliphatic rings. The molecule has 118 valence electrons. The van der Waals surface area contributed by atoms with Crippen molar-refractivity contribution in [2.24, 2.45) is 0 Å². The summed E-state index contributed by atoms with van der Waals surface area (Å²) >= 11 is 0. The fraction of sp³-hybridized carbons (Fsp3) is 0.571. The third kappa shape index (κ3) is 3.52. The van der Waals surface area contributed by atoms with Crippen molar-refractivity contribution in [2.45, 2.75) is 25.6 Å². The van der Waals surface area contributed by atoms with Gasteiger partial charge in [0.1, 0.15) is 0 Å². The van der Waals surface area contributed by atoms with Crippen LogP contribution >= 0.6 is 0 Å². The van der Waals surface area contributed by atoms with Crippen molar-refractivity contribution in [3.8, 4) is 0 Å². The van der Waals surface area contributed by atoms with Crippen LogP contribution in [0.4, 0.5) is 22.0 Å². The molecule has 2 rings (SSSR count). The lowest BCUT2D eigenvalue weighted by atomic mass is 9.98. The van der Waals surface area contributed by atoms with Crippen molar-refractivity contribution in [1.29, 1.82) is 0 Å². The van der Waals surface area contributed by atoms with Crippen LogP contribution in [0.5, 0.6) is 0 Å². The lowest BCUT2D eigenvalue weighted by Crippen LogP contribution is -2.38. The average Bonchev–Trinajstić information content (AvgIpc) is 2.38. The summed E-state index contributed by atoms with van der Waals surface area (Å²) < 4.78 is 70.2. The summed E-state index contributed by atoms with van der Waals surface area (Å²) in [5.74, 6) is -4.84. The molecular weight excluding hydrogens is 293 g/mol. The van der Waals surface area contributed by atoms with E-state index in [1.165, 1.54) is 12.1 Å². The topological polar surface area (TPSA) is 12.5 Å². The molecule has 0 N–H and O–H groups in total. The van der Waals surface area contributed by atoms with E-state index in [4.69, 9.17) is 4.74 Å². The minimum atomic E-state index is -5.60. The summed E-state index contributed by atoms with van der Waals surface area (Å²) in [6.07, 6.45) is -5.60. The molecule has 0 saturated carbocycles. The van der Waals surface area contributed by atoms with Crippen molar-refractivity contribution in [3.63, 3.8) is 0 Å². The number of halogens is 5. The molecule has 0 spiro atoms. The average molecular weight is 309 g/mol. The quantitative estimate of drug-likeness (QED) is 0.793. The predicted octanol–water partition coefficient (Wildman–Crippen LogP) is 3.48. The van der Waals surface area contributed by atoms with Crippen molar-refractivity contribution < 1.29 is 26.7 Å². The maximum atomic E-state index is 13.6. The van der Waals surface area contributed by atoms with Crippen LogP contribution in [0.25, 0.3) is 0 Å². The van der Waals surface area contributed by atoms with Gasteiger partial charge in [-0.3, -0.25) is 4.90 Å². The number of rotatable bonds is 3. The van der Waals surface area contributed by atoms with Crippen LogP contribution in [0, 0.1) is 6.92 Å². The highest BCUT2D eigenvalue weighted by Gasteiger charge is 2.59.